The molecule has 0 aliphatic heterocycles. The highest BCUT2D eigenvalue weighted by Gasteiger charge is 2.19. The maximum atomic E-state index is 11.9. The molecular weight excluding hydrogens is 288 g/mol. The normalized spacial score (nSPS) is 11.9. The summed E-state index contributed by atoms with van der Waals surface area (Å²) >= 11 is 7.57. The van der Waals surface area contributed by atoms with Crippen LogP contribution in [0.4, 0.5) is 5.69 Å². The standard InChI is InChI=1S/C12H15ClN2O3S/c1-8(7-19-2)6-14-12(16)9-4-3-5-10(11(9)13)15(17)18/h3-5,8H,6-7H2,1-2H3,(H,14,16). The first-order valence-corrected chi connectivity index (χ1v) is 7.44. The second kappa shape index (κ2) is 7.35. The van der Waals surface area contributed by atoms with Gasteiger partial charge in [-0.1, -0.05) is 24.6 Å². The summed E-state index contributed by atoms with van der Waals surface area (Å²) in [6, 6.07) is 4.20. The molecule has 0 aliphatic rings. The summed E-state index contributed by atoms with van der Waals surface area (Å²) in [7, 11) is 0. The molecule has 5 nitrogen and oxygen atoms in total. The highest BCUT2D eigenvalue weighted by Crippen LogP contribution is 2.27. The number of hydrogen-bond donors (Lipinski definition) is 1. The van der Waals surface area contributed by atoms with Gasteiger partial charge in [-0.05, 0) is 24.0 Å². The first kappa shape index (κ1) is 15.8. The second-order valence-electron chi connectivity index (χ2n) is 4.17. The van der Waals surface area contributed by atoms with Crippen molar-refractivity contribution in [2.75, 3.05) is 18.6 Å². The van der Waals surface area contributed by atoms with Gasteiger partial charge in [-0.15, -0.1) is 0 Å². The van der Waals surface area contributed by atoms with Crippen LogP contribution < -0.4 is 5.32 Å². The molecular formula is C12H15ClN2O3S. The van der Waals surface area contributed by atoms with Gasteiger partial charge in [-0.25, -0.2) is 0 Å². The highest BCUT2D eigenvalue weighted by molar-refractivity contribution is 7.98. The molecule has 104 valence electrons. The minimum atomic E-state index is -0.602. The molecule has 0 bridgehead atoms. The Bertz CT molecular complexity index is 482. The zero-order chi connectivity index (χ0) is 14.4. The van der Waals surface area contributed by atoms with Gasteiger partial charge in [0.25, 0.3) is 11.6 Å². The lowest BCUT2D eigenvalue weighted by atomic mass is 10.1. The first-order chi connectivity index (χ1) is 8.97. The van der Waals surface area contributed by atoms with E-state index in [2.05, 4.69) is 5.32 Å². The van der Waals surface area contributed by atoms with Gasteiger partial charge in [0.05, 0.1) is 10.5 Å². The molecule has 1 unspecified atom stereocenters. The lowest BCUT2D eigenvalue weighted by Crippen LogP contribution is -2.29. The molecule has 0 fully saturated rings. The lowest BCUT2D eigenvalue weighted by molar-refractivity contribution is -0.384. The number of nitrogens with one attached hydrogen (secondary N) is 1. The number of nitro benzene ring substituents is 1. The van der Waals surface area contributed by atoms with Crippen LogP contribution in [0.3, 0.4) is 0 Å². The van der Waals surface area contributed by atoms with E-state index in [-0.39, 0.29) is 22.2 Å². The molecule has 1 rings (SSSR count). The molecule has 1 aromatic carbocycles. The third-order valence-corrected chi connectivity index (χ3v) is 3.78. The number of hydrogen-bond acceptors (Lipinski definition) is 4. The molecule has 19 heavy (non-hydrogen) atoms. The molecule has 0 aromatic heterocycles. The van der Waals surface area contributed by atoms with E-state index in [4.69, 9.17) is 11.6 Å². The van der Waals surface area contributed by atoms with Gasteiger partial charge in [0.2, 0.25) is 0 Å². The van der Waals surface area contributed by atoms with E-state index in [9.17, 15) is 14.9 Å². The Morgan fingerprint density at radius 2 is 2.26 bits per heavy atom. The third-order valence-electron chi connectivity index (χ3n) is 2.48. The van der Waals surface area contributed by atoms with Crippen LogP contribution in [0.25, 0.3) is 0 Å². The highest BCUT2D eigenvalue weighted by atomic mass is 35.5. The number of nitrogens with zero attached hydrogens (tertiary/aromatic N) is 1. The van der Waals surface area contributed by atoms with Crippen molar-refractivity contribution in [1.82, 2.24) is 5.32 Å². The van der Waals surface area contributed by atoms with Crippen molar-refractivity contribution in [3.8, 4) is 0 Å². The smallest absolute Gasteiger partial charge is 0.288 e. The monoisotopic (exact) mass is 302 g/mol. The molecule has 0 radical (unpaired) electrons. The van der Waals surface area contributed by atoms with Crippen LogP contribution in [-0.4, -0.2) is 29.4 Å². The molecule has 0 heterocycles. The summed E-state index contributed by atoms with van der Waals surface area (Å²) in [6.45, 7) is 2.53. The van der Waals surface area contributed by atoms with Gasteiger partial charge < -0.3 is 5.32 Å². The summed E-state index contributed by atoms with van der Waals surface area (Å²) in [6.07, 6.45) is 2.00. The van der Waals surface area contributed by atoms with Gasteiger partial charge in [-0.2, -0.15) is 11.8 Å². The number of amides is 1. The number of carbonyl (C=O) groups excluding carboxylic acids is 1. The van der Waals surface area contributed by atoms with Crippen molar-refractivity contribution < 1.29 is 9.72 Å². The molecule has 0 aliphatic carbocycles. The van der Waals surface area contributed by atoms with Crippen LogP contribution in [0.15, 0.2) is 18.2 Å². The van der Waals surface area contributed by atoms with Crippen molar-refractivity contribution in [2.45, 2.75) is 6.92 Å². The Balaban J connectivity index is 2.78. The fourth-order valence-corrected chi connectivity index (χ4v) is 2.51. The Morgan fingerprint density at radius 1 is 1.58 bits per heavy atom. The Kier molecular flexibility index (Phi) is 6.11. The van der Waals surface area contributed by atoms with Crippen molar-refractivity contribution >= 4 is 35.0 Å². The van der Waals surface area contributed by atoms with Crippen molar-refractivity contribution in [1.29, 1.82) is 0 Å². The van der Waals surface area contributed by atoms with Crippen molar-refractivity contribution in [3.05, 3.63) is 38.9 Å². The predicted octanol–water partition coefficient (Wildman–Crippen LogP) is 2.98. The number of rotatable bonds is 6. The summed E-state index contributed by atoms with van der Waals surface area (Å²) in [5, 5.41) is 13.3. The molecule has 0 saturated heterocycles. The molecule has 0 saturated carbocycles. The summed E-state index contributed by atoms with van der Waals surface area (Å²) in [5.74, 6) is 0.876. The predicted molar refractivity (Wildman–Crippen MR) is 78.0 cm³/mol. The Hall–Kier alpha value is -1.27. The van der Waals surface area contributed by atoms with E-state index < -0.39 is 4.92 Å². The largest absolute Gasteiger partial charge is 0.352 e. The summed E-state index contributed by atoms with van der Waals surface area (Å²) in [4.78, 5) is 22.1. The van der Waals surface area contributed by atoms with Gasteiger partial charge in [0.1, 0.15) is 5.02 Å². The molecule has 1 N–H and O–H groups in total. The fraction of sp³-hybridized carbons (Fsp3) is 0.417. The van der Waals surface area contributed by atoms with Crippen molar-refractivity contribution in [3.63, 3.8) is 0 Å². The quantitative estimate of drug-likeness (QED) is 0.647. The van der Waals surface area contributed by atoms with Gasteiger partial charge in [0, 0.05) is 12.6 Å². The maximum absolute atomic E-state index is 11.9. The summed E-state index contributed by atoms with van der Waals surface area (Å²) < 4.78 is 0. The number of nitro groups is 1. The number of thioether (sulfide) groups is 1. The van der Waals surface area contributed by atoms with E-state index in [0.717, 1.165) is 5.75 Å². The van der Waals surface area contributed by atoms with E-state index in [0.29, 0.717) is 12.5 Å². The number of halogens is 1. The van der Waals surface area contributed by atoms with E-state index in [1.165, 1.54) is 18.2 Å². The minimum absolute atomic E-state index is 0.123. The third kappa shape index (κ3) is 4.40. The van der Waals surface area contributed by atoms with Gasteiger partial charge in [-0.3, -0.25) is 14.9 Å². The zero-order valence-corrected chi connectivity index (χ0v) is 12.3. The average Bonchev–Trinajstić information content (AvgIpc) is 2.36. The van der Waals surface area contributed by atoms with Gasteiger partial charge >= 0.3 is 0 Å². The topological polar surface area (TPSA) is 72.2 Å². The van der Waals surface area contributed by atoms with Crippen LogP contribution >= 0.6 is 23.4 Å². The lowest BCUT2D eigenvalue weighted by Gasteiger charge is -2.11. The Morgan fingerprint density at radius 3 is 2.84 bits per heavy atom. The van der Waals surface area contributed by atoms with E-state index in [1.54, 1.807) is 11.8 Å². The second-order valence-corrected chi connectivity index (χ2v) is 5.45. The fourth-order valence-electron chi connectivity index (χ4n) is 1.54. The molecule has 0 spiro atoms. The molecule has 1 aromatic rings. The van der Waals surface area contributed by atoms with Crippen LogP contribution in [0.2, 0.25) is 5.02 Å². The molecule has 1 atom stereocenters. The molecule has 7 heteroatoms. The first-order valence-electron chi connectivity index (χ1n) is 5.67. The van der Waals surface area contributed by atoms with Crippen LogP contribution in [0.5, 0.6) is 0 Å². The van der Waals surface area contributed by atoms with Crippen LogP contribution in [0, 0.1) is 16.0 Å². The Labute approximate surface area is 120 Å². The maximum Gasteiger partial charge on any atom is 0.288 e. The number of benzene rings is 1. The average molecular weight is 303 g/mol. The minimum Gasteiger partial charge on any atom is -0.352 e. The number of carbonyl (C=O) groups is 1. The van der Waals surface area contributed by atoms with Crippen LogP contribution in [-0.2, 0) is 0 Å². The van der Waals surface area contributed by atoms with E-state index >= 15 is 0 Å². The summed E-state index contributed by atoms with van der Waals surface area (Å²) in [5.41, 5.74) is -0.126. The van der Waals surface area contributed by atoms with Crippen LogP contribution in [0.1, 0.15) is 17.3 Å². The van der Waals surface area contributed by atoms with E-state index in [1.807, 2.05) is 13.2 Å². The molecule has 1 amide bonds. The zero-order valence-electron chi connectivity index (χ0n) is 10.7. The van der Waals surface area contributed by atoms with Gasteiger partial charge in [0.15, 0.2) is 0 Å². The SMILES string of the molecule is CSCC(C)CNC(=O)c1cccc([N+](=O)[O-])c1Cl. The van der Waals surface area contributed by atoms with Crippen molar-refractivity contribution in [2.24, 2.45) is 5.92 Å².